The lowest BCUT2D eigenvalue weighted by molar-refractivity contribution is 0.0853. The number of carbonyl (C=O) groups excluding carboxylic acids is 1. The topological polar surface area (TPSA) is 119 Å². The number of ether oxygens (including phenoxy) is 1. The largest absolute Gasteiger partial charge is 0.397 e. The molecule has 3 aromatic rings. The Morgan fingerprint density at radius 3 is 2.79 bits per heavy atom. The molecule has 2 aliphatic heterocycles. The number of nitrogen functional groups attached to an aromatic ring is 1. The fourth-order valence-corrected chi connectivity index (χ4v) is 5.20. The molecule has 1 aromatic carbocycles. The molecule has 178 valence electrons. The number of pyridine rings is 2. The van der Waals surface area contributed by atoms with Gasteiger partial charge in [0.05, 0.1) is 28.8 Å². The Morgan fingerprint density at radius 2 is 2.00 bits per heavy atom. The van der Waals surface area contributed by atoms with E-state index in [1.165, 1.54) is 5.56 Å². The highest BCUT2D eigenvalue weighted by Crippen LogP contribution is 2.31. The van der Waals surface area contributed by atoms with E-state index in [1.54, 1.807) is 12.4 Å². The highest BCUT2D eigenvalue weighted by molar-refractivity contribution is 6.09. The van der Waals surface area contributed by atoms with Gasteiger partial charge in [0.2, 0.25) is 0 Å². The number of carbonyl (C=O) groups is 1. The number of aromatic nitrogens is 2. The first-order valence-corrected chi connectivity index (χ1v) is 12.0. The maximum absolute atomic E-state index is 13.3. The molecule has 5 rings (SSSR count). The summed E-state index contributed by atoms with van der Waals surface area (Å²) in [6.45, 7) is 5.37. The van der Waals surface area contributed by atoms with Crippen molar-refractivity contribution in [3.05, 3.63) is 54.0 Å². The predicted molar refractivity (Wildman–Crippen MR) is 135 cm³/mol. The lowest BCUT2D eigenvalue weighted by atomic mass is 9.91. The zero-order chi connectivity index (χ0) is 23.7. The van der Waals surface area contributed by atoms with E-state index in [-0.39, 0.29) is 17.6 Å². The number of anilines is 3. The monoisotopic (exact) mass is 460 g/mol. The highest BCUT2D eigenvalue weighted by atomic mass is 16.5. The van der Waals surface area contributed by atoms with E-state index in [4.69, 9.17) is 16.2 Å². The Kier molecular flexibility index (Phi) is 6.34. The third kappa shape index (κ3) is 4.69. The third-order valence-corrected chi connectivity index (χ3v) is 6.86. The smallest absolute Gasteiger partial charge is 0.276 e. The van der Waals surface area contributed by atoms with Crippen molar-refractivity contribution in [1.82, 2.24) is 9.97 Å². The van der Waals surface area contributed by atoms with Crippen molar-refractivity contribution in [3.63, 3.8) is 0 Å². The Hall–Kier alpha value is -3.23. The summed E-state index contributed by atoms with van der Waals surface area (Å²) in [5.74, 6) is 0.578. The van der Waals surface area contributed by atoms with Crippen LogP contribution in [0.4, 0.5) is 17.1 Å². The van der Waals surface area contributed by atoms with Gasteiger partial charge in [-0.1, -0.05) is 19.1 Å². The molecule has 0 radical (unpaired) electrons. The number of hydrogen-bond acceptors (Lipinski definition) is 7. The molecular formula is C26H32N6O2. The van der Waals surface area contributed by atoms with Crippen LogP contribution in [0.1, 0.15) is 48.2 Å². The number of piperidine rings is 1. The Bertz CT molecular complexity index is 1180. The number of nitrogens with two attached hydrogens (primary N) is 2. The molecule has 8 nitrogen and oxygen atoms in total. The number of nitrogens with one attached hydrogen (secondary N) is 1. The number of rotatable bonds is 4. The van der Waals surface area contributed by atoms with E-state index < -0.39 is 0 Å². The Balaban J connectivity index is 1.42. The SMILES string of the molecule is C[C@@H]1CC(N)CN(c2ccncc2NC(=O)c2nc3cc(C4CCOCC4)ccc3cc2N)C1. The van der Waals surface area contributed by atoms with Crippen LogP contribution in [0.3, 0.4) is 0 Å². The minimum Gasteiger partial charge on any atom is -0.397 e. The first-order valence-electron chi connectivity index (χ1n) is 12.0. The number of nitrogens with zero attached hydrogens (tertiary/aromatic N) is 3. The molecule has 0 bridgehead atoms. The maximum atomic E-state index is 13.3. The van der Waals surface area contributed by atoms with Crippen molar-refractivity contribution < 1.29 is 9.53 Å². The van der Waals surface area contributed by atoms with Crippen LogP contribution in [-0.2, 0) is 4.74 Å². The normalized spacial score (nSPS) is 21.5. The summed E-state index contributed by atoms with van der Waals surface area (Å²) in [6, 6.07) is 10.1. The Labute approximate surface area is 199 Å². The molecule has 34 heavy (non-hydrogen) atoms. The lowest BCUT2D eigenvalue weighted by Crippen LogP contribution is -2.46. The van der Waals surface area contributed by atoms with Gasteiger partial charge in [0, 0.05) is 43.9 Å². The van der Waals surface area contributed by atoms with Crippen LogP contribution in [0.15, 0.2) is 42.7 Å². The Morgan fingerprint density at radius 1 is 1.18 bits per heavy atom. The van der Waals surface area contributed by atoms with Crippen LogP contribution in [-0.4, -0.2) is 48.2 Å². The van der Waals surface area contributed by atoms with Gasteiger partial charge in [0.25, 0.3) is 5.91 Å². The van der Waals surface area contributed by atoms with Crippen molar-refractivity contribution in [3.8, 4) is 0 Å². The molecular weight excluding hydrogens is 428 g/mol. The molecule has 4 heterocycles. The molecule has 2 saturated heterocycles. The van der Waals surface area contributed by atoms with Crippen molar-refractivity contribution in [1.29, 1.82) is 0 Å². The van der Waals surface area contributed by atoms with Gasteiger partial charge < -0.3 is 26.4 Å². The number of amides is 1. The number of benzene rings is 1. The summed E-state index contributed by atoms with van der Waals surface area (Å²) in [4.78, 5) is 24.4. The van der Waals surface area contributed by atoms with E-state index in [0.717, 1.165) is 62.2 Å². The fraction of sp³-hybridized carbons (Fsp3) is 0.423. The summed E-state index contributed by atoms with van der Waals surface area (Å²) in [5, 5.41) is 3.91. The van der Waals surface area contributed by atoms with Crippen molar-refractivity contribution in [2.45, 2.75) is 38.1 Å². The van der Waals surface area contributed by atoms with Gasteiger partial charge in [0.15, 0.2) is 5.69 Å². The predicted octanol–water partition coefficient (Wildman–Crippen LogP) is 3.53. The van der Waals surface area contributed by atoms with Gasteiger partial charge in [-0.25, -0.2) is 4.98 Å². The van der Waals surface area contributed by atoms with Crippen LogP contribution in [0, 0.1) is 5.92 Å². The second kappa shape index (κ2) is 9.56. The molecule has 2 atom stereocenters. The summed E-state index contributed by atoms with van der Waals surface area (Å²) in [6.07, 6.45) is 6.39. The van der Waals surface area contributed by atoms with Crippen molar-refractivity contribution in [2.75, 3.05) is 42.3 Å². The zero-order valence-corrected chi connectivity index (χ0v) is 19.5. The van der Waals surface area contributed by atoms with Gasteiger partial charge in [0.1, 0.15) is 0 Å². The molecule has 1 amide bonds. The summed E-state index contributed by atoms with van der Waals surface area (Å²) in [5.41, 5.74) is 16.6. The average Bonchev–Trinajstić information content (AvgIpc) is 2.83. The third-order valence-electron chi connectivity index (χ3n) is 6.86. The van der Waals surface area contributed by atoms with Gasteiger partial charge >= 0.3 is 0 Å². The fourth-order valence-electron chi connectivity index (χ4n) is 5.20. The number of fused-ring (bicyclic) bond motifs is 1. The second-order valence-corrected chi connectivity index (χ2v) is 9.62. The maximum Gasteiger partial charge on any atom is 0.276 e. The second-order valence-electron chi connectivity index (χ2n) is 9.62. The van der Waals surface area contributed by atoms with Crippen LogP contribution in [0.25, 0.3) is 10.9 Å². The van der Waals surface area contributed by atoms with Crippen LogP contribution >= 0.6 is 0 Å². The molecule has 8 heteroatoms. The molecule has 5 N–H and O–H groups in total. The quantitative estimate of drug-likeness (QED) is 0.545. The van der Waals surface area contributed by atoms with Crippen LogP contribution < -0.4 is 21.7 Å². The summed E-state index contributed by atoms with van der Waals surface area (Å²) < 4.78 is 5.50. The van der Waals surface area contributed by atoms with Crippen LogP contribution in [0.2, 0.25) is 0 Å². The number of hydrogen-bond donors (Lipinski definition) is 3. The standard InChI is InChI=1S/C26H32N6O2/c1-16-10-20(27)15-32(14-16)24-4-7-29-13-23(24)31-26(33)25-21(28)11-19-3-2-18(12-22(19)30-25)17-5-8-34-9-6-17/h2-4,7,11-13,16-17,20H,5-6,8-10,14-15,27-28H2,1H3,(H,31,33)/t16-,20?/m1/s1. The van der Waals surface area contributed by atoms with Gasteiger partial charge in [-0.15, -0.1) is 0 Å². The average molecular weight is 461 g/mol. The van der Waals surface area contributed by atoms with Crippen LogP contribution in [0.5, 0.6) is 0 Å². The summed E-state index contributed by atoms with van der Waals surface area (Å²) in [7, 11) is 0. The first kappa shape index (κ1) is 22.6. The zero-order valence-electron chi connectivity index (χ0n) is 19.5. The van der Waals surface area contributed by atoms with E-state index in [1.807, 2.05) is 18.2 Å². The molecule has 0 aliphatic carbocycles. The highest BCUT2D eigenvalue weighted by Gasteiger charge is 2.25. The van der Waals surface area contributed by atoms with E-state index >= 15 is 0 Å². The summed E-state index contributed by atoms with van der Waals surface area (Å²) >= 11 is 0. The molecule has 1 unspecified atom stereocenters. The molecule has 2 aromatic heterocycles. The van der Waals surface area contributed by atoms with Crippen molar-refractivity contribution in [2.24, 2.45) is 11.7 Å². The molecule has 2 aliphatic rings. The minimum atomic E-state index is -0.348. The van der Waals surface area contributed by atoms with E-state index in [9.17, 15) is 4.79 Å². The van der Waals surface area contributed by atoms with Gasteiger partial charge in [-0.2, -0.15) is 0 Å². The minimum absolute atomic E-state index is 0.100. The van der Waals surface area contributed by atoms with E-state index in [2.05, 4.69) is 39.2 Å². The van der Waals surface area contributed by atoms with E-state index in [0.29, 0.717) is 23.2 Å². The van der Waals surface area contributed by atoms with Gasteiger partial charge in [-0.3, -0.25) is 9.78 Å². The molecule has 2 fully saturated rings. The van der Waals surface area contributed by atoms with Crippen molar-refractivity contribution >= 4 is 33.9 Å². The van der Waals surface area contributed by atoms with Gasteiger partial charge in [-0.05, 0) is 54.9 Å². The molecule has 0 spiro atoms. The molecule has 0 saturated carbocycles. The lowest BCUT2D eigenvalue weighted by Gasteiger charge is -2.37. The first-order chi connectivity index (χ1) is 16.5.